The molecular formula is C12H5ClFN5O. The number of halogens is 2. The minimum Gasteiger partial charge on any atom is -0.439 e. The quantitative estimate of drug-likeness (QED) is 0.678. The second kappa shape index (κ2) is 4.75. The summed E-state index contributed by atoms with van der Waals surface area (Å²) in [6.07, 6.45) is 1.30. The molecule has 0 spiro atoms. The van der Waals surface area contributed by atoms with E-state index in [2.05, 4.69) is 15.1 Å². The molecule has 0 N–H and O–H groups in total. The maximum atomic E-state index is 13.5. The van der Waals surface area contributed by atoms with Gasteiger partial charge in [-0.2, -0.15) is 24.8 Å². The summed E-state index contributed by atoms with van der Waals surface area (Å²) in [5.74, 6) is 0.0452. The van der Waals surface area contributed by atoms with E-state index in [1.54, 1.807) is 6.07 Å². The van der Waals surface area contributed by atoms with E-state index in [4.69, 9.17) is 21.6 Å². The maximum Gasteiger partial charge on any atom is 0.256 e. The largest absolute Gasteiger partial charge is 0.439 e. The first-order chi connectivity index (χ1) is 9.67. The van der Waals surface area contributed by atoms with E-state index in [1.807, 2.05) is 0 Å². The Morgan fingerprint density at radius 1 is 1.35 bits per heavy atom. The van der Waals surface area contributed by atoms with Crippen molar-refractivity contribution >= 4 is 17.4 Å². The van der Waals surface area contributed by atoms with Gasteiger partial charge in [0.2, 0.25) is 5.88 Å². The van der Waals surface area contributed by atoms with Crippen LogP contribution in [0.5, 0.6) is 11.6 Å². The van der Waals surface area contributed by atoms with Crippen molar-refractivity contribution < 1.29 is 9.13 Å². The van der Waals surface area contributed by atoms with Gasteiger partial charge in [-0.05, 0) is 12.1 Å². The number of hydrogen-bond acceptors (Lipinski definition) is 5. The summed E-state index contributed by atoms with van der Waals surface area (Å²) in [7, 11) is 0. The van der Waals surface area contributed by atoms with Gasteiger partial charge in [0.25, 0.3) is 5.78 Å². The molecular weight excluding hydrogens is 285 g/mol. The fourth-order valence-corrected chi connectivity index (χ4v) is 1.77. The Kier molecular flexibility index (Phi) is 2.93. The van der Waals surface area contributed by atoms with Crippen molar-refractivity contribution in [1.29, 1.82) is 5.26 Å². The highest BCUT2D eigenvalue weighted by atomic mass is 35.5. The normalized spacial score (nSPS) is 10.4. The summed E-state index contributed by atoms with van der Waals surface area (Å²) >= 11 is 5.84. The van der Waals surface area contributed by atoms with Gasteiger partial charge in [-0.15, -0.1) is 0 Å². The molecule has 0 radical (unpaired) electrons. The van der Waals surface area contributed by atoms with E-state index in [0.717, 1.165) is 6.07 Å². The van der Waals surface area contributed by atoms with Crippen LogP contribution in [0, 0.1) is 17.1 Å². The molecule has 0 saturated heterocycles. The molecule has 0 fully saturated rings. The standard InChI is InChI=1S/C12H5ClFN5O/c13-10-4-11(19-12(18-10)16-6-17-19)20-8-2-1-7(5-15)9(14)3-8/h1-4,6H. The molecule has 20 heavy (non-hydrogen) atoms. The van der Waals surface area contributed by atoms with Crippen LogP contribution in [0.2, 0.25) is 5.15 Å². The lowest BCUT2D eigenvalue weighted by molar-refractivity contribution is 0.442. The van der Waals surface area contributed by atoms with Crippen molar-refractivity contribution in [2.75, 3.05) is 0 Å². The lowest BCUT2D eigenvalue weighted by Crippen LogP contribution is -1.98. The maximum absolute atomic E-state index is 13.5. The van der Waals surface area contributed by atoms with E-state index in [1.165, 1.54) is 29.0 Å². The molecule has 0 saturated carbocycles. The van der Waals surface area contributed by atoms with E-state index < -0.39 is 5.82 Å². The van der Waals surface area contributed by atoms with Crippen LogP contribution in [0.4, 0.5) is 4.39 Å². The van der Waals surface area contributed by atoms with Crippen LogP contribution in [0.3, 0.4) is 0 Å². The minimum atomic E-state index is -0.667. The fraction of sp³-hybridized carbons (Fsp3) is 0. The van der Waals surface area contributed by atoms with Crippen LogP contribution in [-0.2, 0) is 0 Å². The van der Waals surface area contributed by atoms with Crippen LogP contribution in [0.1, 0.15) is 5.56 Å². The second-order valence-corrected chi connectivity index (χ2v) is 4.13. The Morgan fingerprint density at radius 3 is 2.95 bits per heavy atom. The van der Waals surface area contributed by atoms with Crippen molar-refractivity contribution in [2.45, 2.75) is 0 Å². The van der Waals surface area contributed by atoms with Crippen molar-refractivity contribution in [1.82, 2.24) is 19.6 Å². The van der Waals surface area contributed by atoms with Gasteiger partial charge in [0, 0.05) is 12.1 Å². The average Bonchev–Trinajstić information content (AvgIpc) is 2.87. The number of benzene rings is 1. The molecule has 98 valence electrons. The van der Waals surface area contributed by atoms with Gasteiger partial charge in [0.1, 0.15) is 29.1 Å². The first-order valence-corrected chi connectivity index (χ1v) is 5.79. The van der Waals surface area contributed by atoms with Gasteiger partial charge in [0.15, 0.2) is 0 Å². The van der Waals surface area contributed by atoms with E-state index in [0.29, 0.717) is 0 Å². The van der Waals surface area contributed by atoms with Crippen LogP contribution >= 0.6 is 11.6 Å². The Hall–Kier alpha value is -2.72. The zero-order valence-corrected chi connectivity index (χ0v) is 10.5. The van der Waals surface area contributed by atoms with Crippen molar-refractivity contribution in [3.8, 4) is 17.7 Å². The fourth-order valence-electron chi connectivity index (χ4n) is 1.60. The smallest absolute Gasteiger partial charge is 0.256 e. The minimum absolute atomic E-state index is 0.0592. The molecule has 3 rings (SSSR count). The van der Waals surface area contributed by atoms with Crippen LogP contribution in [0.25, 0.3) is 5.78 Å². The Bertz CT molecular complexity index is 841. The summed E-state index contributed by atoms with van der Waals surface area (Å²) < 4.78 is 20.3. The van der Waals surface area contributed by atoms with Crippen molar-refractivity contribution in [3.63, 3.8) is 0 Å². The summed E-state index contributed by atoms with van der Waals surface area (Å²) in [4.78, 5) is 7.83. The van der Waals surface area contributed by atoms with Gasteiger partial charge in [-0.1, -0.05) is 11.6 Å². The molecule has 0 bridgehead atoms. The molecule has 0 aliphatic rings. The highest BCUT2D eigenvalue weighted by Gasteiger charge is 2.10. The third kappa shape index (κ3) is 2.13. The molecule has 0 aliphatic heterocycles. The number of nitrogens with zero attached hydrogens (tertiary/aromatic N) is 5. The van der Waals surface area contributed by atoms with Crippen LogP contribution in [-0.4, -0.2) is 19.6 Å². The summed E-state index contributed by atoms with van der Waals surface area (Å²) in [5, 5.41) is 12.8. The van der Waals surface area contributed by atoms with Gasteiger partial charge >= 0.3 is 0 Å². The highest BCUT2D eigenvalue weighted by Crippen LogP contribution is 2.25. The second-order valence-electron chi connectivity index (χ2n) is 3.74. The predicted molar refractivity (Wildman–Crippen MR) is 67.0 cm³/mol. The summed E-state index contributed by atoms with van der Waals surface area (Å²) in [6.45, 7) is 0. The lowest BCUT2D eigenvalue weighted by atomic mass is 10.2. The topological polar surface area (TPSA) is 76.1 Å². The summed E-state index contributed by atoms with van der Waals surface area (Å²) in [6, 6.07) is 7.06. The van der Waals surface area contributed by atoms with E-state index in [9.17, 15) is 4.39 Å². The Morgan fingerprint density at radius 2 is 2.20 bits per heavy atom. The molecule has 8 heteroatoms. The number of fused-ring (bicyclic) bond motifs is 1. The van der Waals surface area contributed by atoms with Crippen LogP contribution in [0.15, 0.2) is 30.6 Å². The molecule has 0 amide bonds. The molecule has 0 atom stereocenters. The zero-order chi connectivity index (χ0) is 14.1. The zero-order valence-electron chi connectivity index (χ0n) is 9.79. The molecule has 6 nitrogen and oxygen atoms in total. The molecule has 0 unspecified atom stereocenters. The highest BCUT2D eigenvalue weighted by molar-refractivity contribution is 6.29. The predicted octanol–water partition coefficient (Wildman–Crippen LogP) is 2.58. The van der Waals surface area contributed by atoms with Crippen LogP contribution < -0.4 is 4.74 Å². The molecule has 1 aromatic carbocycles. The van der Waals surface area contributed by atoms with Gasteiger partial charge in [-0.25, -0.2) is 4.39 Å². The Labute approximate surface area is 117 Å². The average molecular weight is 290 g/mol. The van der Waals surface area contributed by atoms with Crippen molar-refractivity contribution in [3.05, 3.63) is 47.1 Å². The first-order valence-electron chi connectivity index (χ1n) is 5.41. The number of aromatic nitrogens is 4. The third-order valence-corrected chi connectivity index (χ3v) is 2.66. The molecule has 0 aliphatic carbocycles. The first kappa shape index (κ1) is 12.3. The lowest BCUT2D eigenvalue weighted by Gasteiger charge is -2.07. The Balaban J connectivity index is 2.03. The molecule has 2 aromatic heterocycles. The van der Waals surface area contributed by atoms with Crippen molar-refractivity contribution in [2.24, 2.45) is 0 Å². The SMILES string of the molecule is N#Cc1ccc(Oc2cc(Cl)nc3ncnn23)cc1F. The number of rotatable bonds is 2. The number of ether oxygens (including phenoxy) is 1. The number of nitriles is 1. The third-order valence-electron chi connectivity index (χ3n) is 2.47. The van der Waals surface area contributed by atoms with E-state index >= 15 is 0 Å². The monoisotopic (exact) mass is 289 g/mol. The van der Waals surface area contributed by atoms with Gasteiger partial charge in [-0.3, -0.25) is 0 Å². The molecule has 2 heterocycles. The summed E-state index contributed by atoms with van der Waals surface area (Å²) in [5.41, 5.74) is -0.0592. The van der Waals surface area contributed by atoms with E-state index in [-0.39, 0.29) is 28.1 Å². The van der Waals surface area contributed by atoms with Gasteiger partial charge in [0.05, 0.1) is 5.56 Å². The molecule has 3 aromatic rings. The van der Waals surface area contributed by atoms with Gasteiger partial charge < -0.3 is 4.74 Å². The number of hydrogen-bond donors (Lipinski definition) is 0.